The first-order chi connectivity index (χ1) is 17.5. The Bertz CT molecular complexity index is 1080. The van der Waals surface area contributed by atoms with Crippen LogP contribution in [0.4, 0.5) is 4.39 Å². The summed E-state index contributed by atoms with van der Waals surface area (Å²) in [6.07, 6.45) is 6.89. The number of hydrogen-bond acceptors (Lipinski definition) is 4. The van der Waals surface area contributed by atoms with E-state index < -0.39 is 5.82 Å². The zero-order valence-electron chi connectivity index (χ0n) is 21.0. The van der Waals surface area contributed by atoms with Crippen molar-refractivity contribution in [3.63, 3.8) is 0 Å². The highest BCUT2D eigenvalue weighted by Crippen LogP contribution is 2.33. The molecule has 1 saturated heterocycles. The quantitative estimate of drug-likeness (QED) is 0.375. The summed E-state index contributed by atoms with van der Waals surface area (Å²) in [4.78, 5) is 28.0. The van der Waals surface area contributed by atoms with E-state index in [2.05, 4.69) is 12.2 Å². The van der Waals surface area contributed by atoms with Crippen LogP contribution in [0.15, 0.2) is 54.3 Å². The maximum atomic E-state index is 14.2. The topological polar surface area (TPSA) is 67.9 Å². The smallest absolute Gasteiger partial charge is 0.289 e. The Balaban J connectivity index is 1.43. The van der Waals surface area contributed by atoms with Gasteiger partial charge in [-0.3, -0.25) is 9.59 Å². The Kier molecular flexibility index (Phi) is 8.62. The van der Waals surface area contributed by atoms with Crippen LogP contribution in [0.25, 0.3) is 6.08 Å². The average Bonchev–Trinajstić information content (AvgIpc) is 2.88. The first-order valence-corrected chi connectivity index (χ1v) is 12.9. The van der Waals surface area contributed by atoms with Gasteiger partial charge in [-0.2, -0.15) is 0 Å². The maximum absolute atomic E-state index is 14.2. The molecule has 7 heteroatoms. The van der Waals surface area contributed by atoms with Gasteiger partial charge in [0.25, 0.3) is 5.91 Å². The molecule has 36 heavy (non-hydrogen) atoms. The number of amides is 2. The zero-order chi connectivity index (χ0) is 25.5. The van der Waals surface area contributed by atoms with E-state index in [-0.39, 0.29) is 47.9 Å². The standard InChI is InChI=1S/C29H35FN2O4/c1-3-4-17-35-23-15-13-21(14-16-23)20(2)31-28(33)19-32-25-11-7-8-12-26(25)36-27(29(32)34)18-22-9-5-6-10-24(22)30/h5-6,9-10,13-16,18,20,25-26H,3-4,7-8,11-12,17,19H2,1-2H3,(H,31,33)/b27-18+. The van der Waals surface area contributed by atoms with Gasteiger partial charge in [-0.1, -0.05) is 50.1 Å². The molecule has 1 N–H and O–H groups in total. The Morgan fingerprint density at radius 3 is 2.69 bits per heavy atom. The lowest BCUT2D eigenvalue weighted by molar-refractivity contribution is -0.152. The van der Waals surface area contributed by atoms with Crippen LogP contribution in [0.2, 0.25) is 0 Å². The molecule has 0 spiro atoms. The Morgan fingerprint density at radius 2 is 1.94 bits per heavy atom. The number of unbranched alkanes of at least 4 members (excludes halogenated alkanes) is 1. The Labute approximate surface area is 212 Å². The molecule has 1 aliphatic heterocycles. The molecule has 2 aromatic rings. The van der Waals surface area contributed by atoms with Crippen LogP contribution in [0.1, 0.15) is 69.5 Å². The fourth-order valence-electron chi connectivity index (χ4n) is 4.81. The van der Waals surface area contributed by atoms with Gasteiger partial charge >= 0.3 is 0 Å². The number of halogens is 1. The number of rotatable bonds is 9. The minimum Gasteiger partial charge on any atom is -0.494 e. The highest BCUT2D eigenvalue weighted by Gasteiger charge is 2.42. The molecule has 2 amide bonds. The summed E-state index contributed by atoms with van der Waals surface area (Å²) in [5, 5.41) is 3.01. The highest BCUT2D eigenvalue weighted by molar-refractivity contribution is 5.98. The number of carbonyl (C=O) groups is 2. The van der Waals surface area contributed by atoms with Crippen LogP contribution in [0, 0.1) is 5.82 Å². The summed E-state index contributed by atoms with van der Waals surface area (Å²) in [7, 11) is 0. The second-order valence-electron chi connectivity index (χ2n) is 9.53. The molecule has 0 aromatic heterocycles. The zero-order valence-corrected chi connectivity index (χ0v) is 21.0. The van der Waals surface area contributed by atoms with Crippen LogP contribution in [0.5, 0.6) is 5.75 Å². The van der Waals surface area contributed by atoms with Gasteiger partial charge in [0.15, 0.2) is 5.76 Å². The van der Waals surface area contributed by atoms with E-state index in [0.29, 0.717) is 6.61 Å². The van der Waals surface area contributed by atoms with Crippen molar-refractivity contribution in [2.45, 2.75) is 70.6 Å². The number of morpholine rings is 1. The van der Waals surface area contributed by atoms with Gasteiger partial charge in [0, 0.05) is 5.56 Å². The molecule has 3 atom stereocenters. The van der Waals surface area contributed by atoms with Crippen molar-refractivity contribution in [1.29, 1.82) is 0 Å². The van der Waals surface area contributed by atoms with Gasteiger partial charge in [0.1, 0.15) is 24.2 Å². The van der Waals surface area contributed by atoms with Gasteiger partial charge in [0.2, 0.25) is 5.91 Å². The fourth-order valence-corrected chi connectivity index (χ4v) is 4.81. The van der Waals surface area contributed by atoms with Crippen LogP contribution in [-0.4, -0.2) is 42.0 Å². The molecule has 2 aliphatic rings. The second kappa shape index (κ2) is 12.1. The molecule has 4 rings (SSSR count). The van der Waals surface area contributed by atoms with Crippen LogP contribution < -0.4 is 10.1 Å². The fraction of sp³-hybridized carbons (Fsp3) is 0.448. The van der Waals surface area contributed by atoms with Crippen molar-refractivity contribution in [3.8, 4) is 5.75 Å². The van der Waals surface area contributed by atoms with E-state index in [1.54, 1.807) is 23.1 Å². The first kappa shape index (κ1) is 25.7. The molecular weight excluding hydrogens is 459 g/mol. The number of benzene rings is 2. The minimum atomic E-state index is -0.424. The summed E-state index contributed by atoms with van der Waals surface area (Å²) < 4.78 is 26.0. The third-order valence-corrected chi connectivity index (χ3v) is 6.85. The molecule has 3 unspecified atom stereocenters. The highest BCUT2D eigenvalue weighted by atomic mass is 19.1. The van der Waals surface area contributed by atoms with Crippen LogP contribution >= 0.6 is 0 Å². The molecule has 0 radical (unpaired) electrons. The van der Waals surface area contributed by atoms with E-state index in [1.165, 1.54) is 12.1 Å². The number of nitrogens with zero attached hydrogens (tertiary/aromatic N) is 1. The monoisotopic (exact) mass is 494 g/mol. The molecule has 0 bridgehead atoms. The maximum Gasteiger partial charge on any atom is 0.289 e. The summed E-state index contributed by atoms with van der Waals surface area (Å²) in [6, 6.07) is 13.6. The summed E-state index contributed by atoms with van der Waals surface area (Å²) in [6.45, 7) is 4.65. The van der Waals surface area contributed by atoms with Crippen LogP contribution in [0.3, 0.4) is 0 Å². The third-order valence-electron chi connectivity index (χ3n) is 6.85. The van der Waals surface area contributed by atoms with Gasteiger partial charge in [-0.25, -0.2) is 4.39 Å². The molecule has 6 nitrogen and oxygen atoms in total. The predicted octanol–water partition coefficient (Wildman–Crippen LogP) is 5.39. The lowest BCUT2D eigenvalue weighted by atomic mass is 9.89. The van der Waals surface area contributed by atoms with E-state index in [1.807, 2.05) is 31.2 Å². The van der Waals surface area contributed by atoms with Crippen molar-refractivity contribution in [1.82, 2.24) is 10.2 Å². The first-order valence-electron chi connectivity index (χ1n) is 12.9. The third kappa shape index (κ3) is 6.25. The largest absolute Gasteiger partial charge is 0.494 e. The normalized spacial score (nSPS) is 21.5. The summed E-state index contributed by atoms with van der Waals surface area (Å²) in [5.74, 6) is -0.148. The van der Waals surface area contributed by atoms with E-state index in [9.17, 15) is 14.0 Å². The van der Waals surface area contributed by atoms with Crippen molar-refractivity contribution in [2.24, 2.45) is 0 Å². The summed E-state index contributed by atoms with van der Waals surface area (Å²) >= 11 is 0. The van der Waals surface area contributed by atoms with Gasteiger partial charge < -0.3 is 19.7 Å². The number of nitrogens with one attached hydrogen (secondary N) is 1. The average molecular weight is 495 g/mol. The number of hydrogen-bond donors (Lipinski definition) is 1. The second-order valence-corrected chi connectivity index (χ2v) is 9.53. The number of carbonyl (C=O) groups excluding carboxylic acids is 2. The molecule has 1 heterocycles. The van der Waals surface area contributed by atoms with Crippen molar-refractivity contribution < 1.29 is 23.5 Å². The van der Waals surface area contributed by atoms with Crippen LogP contribution in [-0.2, 0) is 14.3 Å². The number of ether oxygens (including phenoxy) is 2. The summed E-state index contributed by atoms with van der Waals surface area (Å²) in [5.41, 5.74) is 1.24. The van der Waals surface area contributed by atoms with E-state index >= 15 is 0 Å². The van der Waals surface area contributed by atoms with Gasteiger partial charge in [0.05, 0.1) is 18.7 Å². The SMILES string of the molecule is CCCCOc1ccc(C(C)NC(=O)CN2C(=O)/C(=C\c3ccccc3F)OC3CCCCC32)cc1. The molecule has 2 aromatic carbocycles. The molecule has 192 valence electrons. The molecule has 1 saturated carbocycles. The molecule has 1 aliphatic carbocycles. The lowest BCUT2D eigenvalue weighted by Crippen LogP contribution is -2.57. The predicted molar refractivity (Wildman–Crippen MR) is 137 cm³/mol. The molecule has 2 fully saturated rings. The van der Waals surface area contributed by atoms with Crippen molar-refractivity contribution in [2.75, 3.05) is 13.2 Å². The van der Waals surface area contributed by atoms with Crippen molar-refractivity contribution in [3.05, 3.63) is 71.2 Å². The lowest BCUT2D eigenvalue weighted by Gasteiger charge is -2.44. The van der Waals surface area contributed by atoms with Crippen molar-refractivity contribution >= 4 is 17.9 Å². The van der Waals surface area contributed by atoms with E-state index in [4.69, 9.17) is 9.47 Å². The van der Waals surface area contributed by atoms with Gasteiger partial charge in [-0.15, -0.1) is 0 Å². The Morgan fingerprint density at radius 1 is 1.19 bits per heavy atom. The number of fused-ring (bicyclic) bond motifs is 1. The minimum absolute atomic E-state index is 0.0689. The van der Waals surface area contributed by atoms with E-state index in [0.717, 1.165) is 49.8 Å². The molecular formula is C29H35FN2O4. The van der Waals surface area contributed by atoms with Gasteiger partial charge in [-0.05, 0) is 62.4 Å². The Hall–Kier alpha value is -3.35.